The van der Waals surface area contributed by atoms with Crippen LogP contribution in [0.3, 0.4) is 0 Å². The van der Waals surface area contributed by atoms with Crippen molar-refractivity contribution in [2.75, 3.05) is 0 Å². The van der Waals surface area contributed by atoms with Crippen LogP contribution in [-0.2, 0) is 11.2 Å². The molecule has 122 valence electrons. The summed E-state index contributed by atoms with van der Waals surface area (Å²) in [5.41, 5.74) is -1.15. The molecule has 0 aliphatic heterocycles. The normalized spacial score (nSPS) is 10.2. The van der Waals surface area contributed by atoms with E-state index >= 15 is 0 Å². The van der Waals surface area contributed by atoms with E-state index in [9.17, 15) is 29.8 Å². The number of aliphatic carboxylic acids is 1. The maximum atomic E-state index is 12.5. The van der Waals surface area contributed by atoms with Gasteiger partial charge >= 0.3 is 5.97 Å². The molecule has 0 fully saturated rings. The highest BCUT2D eigenvalue weighted by molar-refractivity contribution is 6.12. The number of carboxylic acids is 1. The van der Waals surface area contributed by atoms with E-state index in [4.69, 9.17) is 5.11 Å². The van der Waals surface area contributed by atoms with Crippen molar-refractivity contribution in [1.82, 2.24) is 0 Å². The van der Waals surface area contributed by atoms with E-state index in [2.05, 4.69) is 0 Å². The molecule has 0 bridgehead atoms. The standard InChI is InChI=1S/C15H10N2O7/c18-13(19)8-10-2-1-3-12(14(10)17(23)24)15(20)9-4-6-11(7-5-9)16(21)22/h1-7H,8H2,(H,18,19). The average molecular weight is 330 g/mol. The molecule has 0 unspecified atom stereocenters. The number of hydrogen-bond donors (Lipinski definition) is 1. The first kappa shape index (κ1) is 16.7. The van der Waals surface area contributed by atoms with Crippen LogP contribution in [0, 0.1) is 20.2 Å². The molecule has 1 N–H and O–H groups in total. The average Bonchev–Trinajstić information content (AvgIpc) is 2.53. The number of carboxylic acid groups (broad SMARTS) is 1. The summed E-state index contributed by atoms with van der Waals surface area (Å²) in [5, 5.41) is 30.7. The number of hydrogen-bond acceptors (Lipinski definition) is 6. The second kappa shape index (κ2) is 6.65. The predicted molar refractivity (Wildman–Crippen MR) is 81.0 cm³/mol. The Hall–Kier alpha value is -3.62. The Balaban J connectivity index is 2.50. The molecule has 2 aromatic carbocycles. The lowest BCUT2D eigenvalue weighted by Crippen LogP contribution is -2.10. The van der Waals surface area contributed by atoms with Crippen molar-refractivity contribution in [1.29, 1.82) is 0 Å². The zero-order valence-electron chi connectivity index (χ0n) is 12.0. The van der Waals surface area contributed by atoms with Crippen molar-refractivity contribution >= 4 is 23.1 Å². The van der Waals surface area contributed by atoms with Gasteiger partial charge in [-0.05, 0) is 18.2 Å². The van der Waals surface area contributed by atoms with Gasteiger partial charge in [0.1, 0.15) is 5.56 Å². The van der Waals surface area contributed by atoms with Gasteiger partial charge in [-0.25, -0.2) is 0 Å². The third-order valence-electron chi connectivity index (χ3n) is 3.23. The quantitative estimate of drug-likeness (QED) is 0.487. The lowest BCUT2D eigenvalue weighted by atomic mass is 9.97. The van der Waals surface area contributed by atoms with Crippen LogP contribution in [-0.4, -0.2) is 26.7 Å². The smallest absolute Gasteiger partial charge is 0.308 e. The second-order valence-corrected chi connectivity index (χ2v) is 4.77. The summed E-state index contributed by atoms with van der Waals surface area (Å²) in [6.07, 6.45) is -0.600. The largest absolute Gasteiger partial charge is 0.481 e. The molecule has 24 heavy (non-hydrogen) atoms. The minimum absolute atomic E-state index is 0.0242. The minimum Gasteiger partial charge on any atom is -0.481 e. The third-order valence-corrected chi connectivity index (χ3v) is 3.23. The minimum atomic E-state index is -1.27. The number of para-hydroxylation sites is 1. The van der Waals surface area contributed by atoms with E-state index in [1.54, 1.807) is 0 Å². The van der Waals surface area contributed by atoms with Gasteiger partial charge in [0.15, 0.2) is 5.78 Å². The lowest BCUT2D eigenvalue weighted by molar-refractivity contribution is -0.385. The zero-order valence-corrected chi connectivity index (χ0v) is 12.0. The van der Waals surface area contributed by atoms with Crippen molar-refractivity contribution in [3.63, 3.8) is 0 Å². The van der Waals surface area contributed by atoms with Crippen molar-refractivity contribution in [2.45, 2.75) is 6.42 Å². The molecular formula is C15H10N2O7. The highest BCUT2D eigenvalue weighted by Crippen LogP contribution is 2.27. The zero-order chi connectivity index (χ0) is 17.9. The van der Waals surface area contributed by atoms with E-state index in [0.29, 0.717) is 0 Å². The van der Waals surface area contributed by atoms with Crippen LogP contribution < -0.4 is 0 Å². The highest BCUT2D eigenvalue weighted by Gasteiger charge is 2.26. The topological polar surface area (TPSA) is 141 Å². The Labute approximate surface area is 134 Å². The number of nitrogens with zero attached hydrogens (tertiary/aromatic N) is 2. The Morgan fingerprint density at radius 1 is 0.958 bits per heavy atom. The molecule has 9 nitrogen and oxygen atoms in total. The van der Waals surface area contributed by atoms with Gasteiger partial charge in [0.25, 0.3) is 11.4 Å². The number of carbonyl (C=O) groups excluding carboxylic acids is 1. The molecule has 0 aliphatic carbocycles. The fourth-order valence-corrected chi connectivity index (χ4v) is 2.19. The van der Waals surface area contributed by atoms with Gasteiger partial charge in [0, 0.05) is 23.3 Å². The number of ketones is 1. The van der Waals surface area contributed by atoms with Crippen LogP contribution in [0.5, 0.6) is 0 Å². The number of non-ortho nitro benzene ring substituents is 1. The summed E-state index contributed by atoms with van der Waals surface area (Å²) in [7, 11) is 0. The van der Waals surface area contributed by atoms with Gasteiger partial charge in [0.2, 0.25) is 0 Å². The second-order valence-electron chi connectivity index (χ2n) is 4.77. The fraction of sp³-hybridized carbons (Fsp3) is 0.0667. The van der Waals surface area contributed by atoms with Gasteiger partial charge in [-0.1, -0.05) is 12.1 Å². The van der Waals surface area contributed by atoms with Crippen molar-refractivity contribution < 1.29 is 24.5 Å². The van der Waals surface area contributed by atoms with Crippen molar-refractivity contribution in [3.8, 4) is 0 Å². The van der Waals surface area contributed by atoms with Crippen LogP contribution in [0.15, 0.2) is 42.5 Å². The Morgan fingerprint density at radius 2 is 1.58 bits per heavy atom. The van der Waals surface area contributed by atoms with Gasteiger partial charge in [0.05, 0.1) is 16.3 Å². The Morgan fingerprint density at radius 3 is 2.08 bits per heavy atom. The van der Waals surface area contributed by atoms with Crippen LogP contribution >= 0.6 is 0 Å². The predicted octanol–water partition coefficient (Wildman–Crippen LogP) is 2.36. The van der Waals surface area contributed by atoms with E-state index in [1.807, 2.05) is 0 Å². The number of benzene rings is 2. The lowest BCUT2D eigenvalue weighted by Gasteiger charge is -2.06. The highest BCUT2D eigenvalue weighted by atomic mass is 16.6. The Kier molecular flexibility index (Phi) is 4.64. The first-order chi connectivity index (χ1) is 11.3. The summed E-state index contributed by atoms with van der Waals surface area (Å²) in [6.45, 7) is 0. The number of carbonyl (C=O) groups is 2. The molecule has 0 aliphatic rings. The molecule has 0 atom stereocenters. The third kappa shape index (κ3) is 3.40. The molecule has 2 rings (SSSR count). The van der Waals surface area contributed by atoms with E-state index in [-0.39, 0.29) is 22.4 Å². The van der Waals surface area contributed by atoms with Crippen LogP contribution in [0.1, 0.15) is 21.5 Å². The molecule has 0 spiro atoms. The molecule has 0 heterocycles. The maximum Gasteiger partial charge on any atom is 0.308 e. The number of nitro groups is 2. The van der Waals surface area contributed by atoms with Gasteiger partial charge in [-0.3, -0.25) is 29.8 Å². The van der Waals surface area contributed by atoms with Gasteiger partial charge < -0.3 is 5.11 Å². The summed E-state index contributed by atoms with van der Waals surface area (Å²) in [6, 6.07) is 8.43. The van der Waals surface area contributed by atoms with E-state index in [0.717, 1.165) is 12.1 Å². The van der Waals surface area contributed by atoms with Crippen molar-refractivity contribution in [3.05, 3.63) is 79.4 Å². The summed E-state index contributed by atoms with van der Waals surface area (Å²) in [5.74, 6) is -1.98. The Bertz CT molecular complexity index is 843. The molecular weight excluding hydrogens is 320 g/mol. The van der Waals surface area contributed by atoms with Crippen LogP contribution in [0.25, 0.3) is 0 Å². The fourth-order valence-electron chi connectivity index (χ4n) is 2.19. The van der Waals surface area contributed by atoms with Crippen molar-refractivity contribution in [2.24, 2.45) is 0 Å². The SMILES string of the molecule is O=C(O)Cc1cccc(C(=O)c2ccc([N+](=O)[O-])cc2)c1[N+](=O)[O-]. The molecule has 2 aromatic rings. The molecule has 0 aromatic heterocycles. The van der Waals surface area contributed by atoms with Crippen LogP contribution in [0.2, 0.25) is 0 Å². The summed E-state index contributed by atoms with van der Waals surface area (Å²) < 4.78 is 0. The monoisotopic (exact) mass is 330 g/mol. The number of rotatable bonds is 6. The van der Waals surface area contributed by atoms with Gasteiger partial charge in [-0.15, -0.1) is 0 Å². The van der Waals surface area contributed by atoms with Gasteiger partial charge in [-0.2, -0.15) is 0 Å². The van der Waals surface area contributed by atoms with E-state index in [1.165, 1.54) is 30.3 Å². The first-order valence-corrected chi connectivity index (χ1v) is 6.58. The molecule has 0 saturated carbocycles. The molecule has 0 radical (unpaired) electrons. The first-order valence-electron chi connectivity index (χ1n) is 6.58. The summed E-state index contributed by atoms with van der Waals surface area (Å²) >= 11 is 0. The summed E-state index contributed by atoms with van der Waals surface area (Å²) in [4.78, 5) is 43.7. The maximum absolute atomic E-state index is 12.5. The molecule has 9 heteroatoms. The number of nitro benzene ring substituents is 2. The molecule has 0 amide bonds. The van der Waals surface area contributed by atoms with Crippen LogP contribution in [0.4, 0.5) is 11.4 Å². The van der Waals surface area contributed by atoms with E-state index < -0.39 is 33.7 Å². The molecule has 0 saturated heterocycles.